The first-order valence-electron chi connectivity index (χ1n) is 7.57. The highest BCUT2D eigenvalue weighted by atomic mass is 16.6. The highest BCUT2D eigenvalue weighted by Crippen LogP contribution is 2.31. The number of rotatable bonds is 6. The number of aliphatic hydroxyl groups excluding tert-OH is 1. The van der Waals surface area contributed by atoms with Gasteiger partial charge in [0.05, 0.1) is 6.04 Å². The molecular formula is C16H24N2O4. The predicted molar refractivity (Wildman–Crippen MR) is 83.1 cm³/mol. The third kappa shape index (κ3) is 4.35. The lowest BCUT2D eigenvalue weighted by Crippen LogP contribution is -2.52. The Morgan fingerprint density at radius 3 is 2.68 bits per heavy atom. The Hall–Kier alpha value is -1.79. The second-order valence-electron chi connectivity index (χ2n) is 5.79. The van der Waals surface area contributed by atoms with Crippen LogP contribution in [0.5, 0.6) is 11.5 Å². The minimum absolute atomic E-state index is 0.214. The van der Waals surface area contributed by atoms with E-state index in [-0.39, 0.29) is 24.7 Å². The molecule has 6 nitrogen and oxygen atoms in total. The summed E-state index contributed by atoms with van der Waals surface area (Å²) in [5, 5.41) is 15.6. The Balaban J connectivity index is 1.85. The maximum atomic E-state index is 12.0. The van der Waals surface area contributed by atoms with Crippen LogP contribution in [0.15, 0.2) is 24.3 Å². The van der Waals surface area contributed by atoms with Gasteiger partial charge in [0.2, 0.25) is 0 Å². The van der Waals surface area contributed by atoms with E-state index in [0.29, 0.717) is 18.1 Å². The van der Waals surface area contributed by atoms with E-state index in [9.17, 15) is 9.90 Å². The Labute approximate surface area is 130 Å². The van der Waals surface area contributed by atoms with Crippen molar-refractivity contribution in [2.75, 3.05) is 13.2 Å². The lowest BCUT2D eigenvalue weighted by Gasteiger charge is -2.31. The number of nitrogens with one attached hydrogen (secondary N) is 2. The molecule has 122 valence electrons. The molecule has 0 spiro atoms. The Morgan fingerprint density at radius 2 is 2.00 bits per heavy atom. The molecule has 1 aliphatic rings. The van der Waals surface area contributed by atoms with E-state index < -0.39 is 12.0 Å². The van der Waals surface area contributed by atoms with Crippen LogP contribution in [-0.2, 0) is 4.79 Å². The minimum Gasteiger partial charge on any atom is -0.486 e. The van der Waals surface area contributed by atoms with Gasteiger partial charge in [-0.3, -0.25) is 4.79 Å². The lowest BCUT2D eigenvalue weighted by molar-refractivity contribution is -0.130. The first-order valence-corrected chi connectivity index (χ1v) is 7.57. The second kappa shape index (κ2) is 7.47. The van der Waals surface area contributed by atoms with Gasteiger partial charge in [0, 0.05) is 12.6 Å². The molecule has 1 aromatic rings. The Bertz CT molecular complexity index is 507. The fourth-order valence-electron chi connectivity index (χ4n) is 2.14. The lowest BCUT2D eigenvalue weighted by atomic mass is 10.1. The Kier molecular flexibility index (Phi) is 5.63. The van der Waals surface area contributed by atoms with Gasteiger partial charge in [-0.2, -0.15) is 0 Å². The minimum atomic E-state index is -1.08. The predicted octanol–water partition coefficient (Wildman–Crippen LogP) is 0.690. The first-order chi connectivity index (χ1) is 10.5. The molecule has 1 aromatic carbocycles. The molecule has 3 atom stereocenters. The number of fused-ring (bicyclic) bond motifs is 1. The summed E-state index contributed by atoms with van der Waals surface area (Å²) in [6.45, 7) is 6.33. The van der Waals surface area contributed by atoms with Crippen LogP contribution in [0.3, 0.4) is 0 Å². The van der Waals surface area contributed by atoms with E-state index in [4.69, 9.17) is 9.47 Å². The number of carbonyl (C=O) groups excluding carboxylic acids is 1. The zero-order valence-electron chi connectivity index (χ0n) is 13.2. The summed E-state index contributed by atoms with van der Waals surface area (Å²) >= 11 is 0. The number of carbonyl (C=O) groups is 1. The van der Waals surface area contributed by atoms with Crippen molar-refractivity contribution in [3.8, 4) is 11.5 Å². The molecule has 1 amide bonds. The Morgan fingerprint density at radius 1 is 1.32 bits per heavy atom. The number of hydrogen-bond donors (Lipinski definition) is 3. The third-order valence-electron chi connectivity index (χ3n) is 3.48. The van der Waals surface area contributed by atoms with Crippen molar-refractivity contribution in [2.24, 2.45) is 0 Å². The molecule has 1 aliphatic heterocycles. The molecule has 0 aliphatic carbocycles. The standard InChI is InChI=1S/C16H24N2O4/c1-10(2)17-8-12(19)16(20)18-11(3)15-9-21-13-6-4-5-7-14(13)22-15/h4-7,10-12,15,17,19H,8-9H2,1-3H3,(H,18,20)/t11-,12+,15+/m0/s1. The topological polar surface area (TPSA) is 79.8 Å². The number of benzene rings is 1. The maximum absolute atomic E-state index is 12.0. The first kappa shape index (κ1) is 16.6. The van der Waals surface area contributed by atoms with E-state index in [1.165, 1.54) is 0 Å². The number of amides is 1. The molecule has 0 bridgehead atoms. The van der Waals surface area contributed by atoms with Gasteiger partial charge in [0.15, 0.2) is 17.6 Å². The molecule has 0 radical (unpaired) electrons. The monoisotopic (exact) mass is 308 g/mol. The number of aliphatic hydroxyl groups is 1. The van der Waals surface area contributed by atoms with Crippen molar-refractivity contribution in [3.05, 3.63) is 24.3 Å². The third-order valence-corrected chi connectivity index (χ3v) is 3.48. The zero-order chi connectivity index (χ0) is 16.1. The normalized spacial score (nSPS) is 19.6. The van der Waals surface area contributed by atoms with Crippen LogP contribution >= 0.6 is 0 Å². The van der Waals surface area contributed by atoms with Crippen LogP contribution in [-0.4, -0.2) is 48.5 Å². The van der Waals surface area contributed by atoms with E-state index in [2.05, 4.69) is 10.6 Å². The average Bonchev–Trinajstić information content (AvgIpc) is 2.51. The summed E-state index contributed by atoms with van der Waals surface area (Å²) in [5.74, 6) is 0.962. The van der Waals surface area contributed by atoms with Crippen LogP contribution in [0.4, 0.5) is 0 Å². The summed E-state index contributed by atoms with van der Waals surface area (Å²) in [6, 6.07) is 7.37. The van der Waals surface area contributed by atoms with E-state index >= 15 is 0 Å². The van der Waals surface area contributed by atoms with Gasteiger partial charge >= 0.3 is 0 Å². The molecule has 0 fully saturated rings. The van der Waals surface area contributed by atoms with Gasteiger partial charge in [-0.1, -0.05) is 26.0 Å². The summed E-state index contributed by atoms with van der Waals surface area (Å²) < 4.78 is 11.5. The molecule has 3 N–H and O–H groups in total. The average molecular weight is 308 g/mol. The van der Waals surface area contributed by atoms with E-state index in [1.54, 1.807) is 0 Å². The second-order valence-corrected chi connectivity index (χ2v) is 5.79. The SMILES string of the molecule is CC(C)NC[C@@H](O)C(=O)N[C@@H](C)[C@H]1COc2ccccc2O1. The highest BCUT2D eigenvalue weighted by Gasteiger charge is 2.28. The van der Waals surface area contributed by atoms with Crippen molar-refractivity contribution < 1.29 is 19.4 Å². The van der Waals surface area contributed by atoms with Crippen LogP contribution in [0.2, 0.25) is 0 Å². The number of hydrogen-bond acceptors (Lipinski definition) is 5. The van der Waals surface area contributed by atoms with Crippen molar-refractivity contribution in [2.45, 2.75) is 45.1 Å². The molecule has 22 heavy (non-hydrogen) atoms. The molecule has 0 saturated carbocycles. The molecule has 0 unspecified atom stereocenters. The van der Waals surface area contributed by atoms with E-state index in [1.807, 2.05) is 45.0 Å². The van der Waals surface area contributed by atoms with E-state index in [0.717, 1.165) is 0 Å². The molecule has 6 heteroatoms. The summed E-state index contributed by atoms with van der Waals surface area (Å²) in [7, 11) is 0. The highest BCUT2D eigenvalue weighted by molar-refractivity contribution is 5.81. The van der Waals surface area contributed by atoms with Crippen molar-refractivity contribution >= 4 is 5.91 Å². The number of para-hydroxylation sites is 2. The number of ether oxygens (including phenoxy) is 2. The van der Waals surface area contributed by atoms with Crippen LogP contribution in [0.1, 0.15) is 20.8 Å². The molecule has 2 rings (SSSR count). The smallest absolute Gasteiger partial charge is 0.250 e. The van der Waals surface area contributed by atoms with Crippen molar-refractivity contribution in [1.82, 2.24) is 10.6 Å². The van der Waals surface area contributed by atoms with Gasteiger partial charge in [-0.25, -0.2) is 0 Å². The largest absolute Gasteiger partial charge is 0.486 e. The molecular weight excluding hydrogens is 284 g/mol. The van der Waals surface area contributed by atoms with Crippen molar-refractivity contribution in [3.63, 3.8) is 0 Å². The quantitative estimate of drug-likeness (QED) is 0.720. The zero-order valence-corrected chi connectivity index (χ0v) is 13.2. The summed E-state index contributed by atoms with van der Waals surface area (Å²) in [4.78, 5) is 12.0. The van der Waals surface area contributed by atoms with Crippen LogP contribution < -0.4 is 20.1 Å². The van der Waals surface area contributed by atoms with Crippen LogP contribution in [0, 0.1) is 0 Å². The van der Waals surface area contributed by atoms with Crippen LogP contribution in [0.25, 0.3) is 0 Å². The van der Waals surface area contributed by atoms with Gasteiger partial charge in [-0.05, 0) is 19.1 Å². The van der Waals surface area contributed by atoms with Crippen molar-refractivity contribution in [1.29, 1.82) is 0 Å². The fraction of sp³-hybridized carbons (Fsp3) is 0.562. The van der Waals surface area contributed by atoms with Gasteiger partial charge < -0.3 is 25.2 Å². The maximum Gasteiger partial charge on any atom is 0.250 e. The van der Waals surface area contributed by atoms with Gasteiger partial charge in [0.1, 0.15) is 12.7 Å². The van der Waals surface area contributed by atoms with Gasteiger partial charge in [0.25, 0.3) is 5.91 Å². The molecule has 0 saturated heterocycles. The summed E-state index contributed by atoms with van der Waals surface area (Å²) in [5.41, 5.74) is 0. The molecule has 1 heterocycles. The summed E-state index contributed by atoms with van der Waals surface area (Å²) in [6.07, 6.45) is -1.37. The van der Waals surface area contributed by atoms with Gasteiger partial charge in [-0.15, -0.1) is 0 Å². The molecule has 0 aromatic heterocycles. The fourth-order valence-corrected chi connectivity index (χ4v) is 2.14.